The molecule has 0 aliphatic carbocycles. The summed E-state index contributed by atoms with van der Waals surface area (Å²) in [6.07, 6.45) is 1.76. The lowest BCUT2D eigenvalue weighted by Crippen LogP contribution is -2.48. The maximum Gasteiger partial charge on any atom is 0.248 e. The predicted molar refractivity (Wildman–Crippen MR) is 129 cm³/mol. The van der Waals surface area contributed by atoms with Gasteiger partial charge in [-0.2, -0.15) is 15.3 Å². The number of hydrogen-bond donors (Lipinski definition) is 3. The fraction of sp³-hybridized carbons (Fsp3) is 0.435. The van der Waals surface area contributed by atoms with Gasteiger partial charge in [0.2, 0.25) is 5.91 Å². The second-order valence-electron chi connectivity index (χ2n) is 8.63. The summed E-state index contributed by atoms with van der Waals surface area (Å²) < 4.78 is 9.17. The number of H-pyrrole nitrogens is 1. The SMILES string of the molecule is CCn1nc(C)cc1-c1n[nH]c(-c2cc(C(N)=O)cc3c2cnn3CCN2CCOC[C@H]2CO)n1. The Labute approximate surface area is 201 Å². The summed E-state index contributed by atoms with van der Waals surface area (Å²) in [7, 11) is 0. The van der Waals surface area contributed by atoms with Gasteiger partial charge in [-0.05, 0) is 32.0 Å². The van der Waals surface area contributed by atoms with Gasteiger partial charge in [-0.1, -0.05) is 0 Å². The molecule has 1 aliphatic rings. The molecule has 1 aliphatic heterocycles. The lowest BCUT2D eigenvalue weighted by atomic mass is 10.0. The molecule has 3 aromatic heterocycles. The summed E-state index contributed by atoms with van der Waals surface area (Å²) in [4.78, 5) is 19.0. The molecular formula is C23H29N9O3. The average molecular weight is 480 g/mol. The van der Waals surface area contributed by atoms with Gasteiger partial charge in [0, 0.05) is 36.1 Å². The maximum atomic E-state index is 12.1. The number of aliphatic hydroxyl groups is 1. The van der Waals surface area contributed by atoms with Gasteiger partial charge in [0.25, 0.3) is 0 Å². The average Bonchev–Trinajstić information content (AvgIpc) is 3.60. The quantitative estimate of drug-likeness (QED) is 0.335. The van der Waals surface area contributed by atoms with Gasteiger partial charge >= 0.3 is 0 Å². The van der Waals surface area contributed by atoms with E-state index in [9.17, 15) is 9.90 Å². The number of benzene rings is 1. The van der Waals surface area contributed by atoms with Gasteiger partial charge < -0.3 is 15.6 Å². The largest absolute Gasteiger partial charge is 0.395 e. The number of aliphatic hydroxyl groups excluding tert-OH is 1. The van der Waals surface area contributed by atoms with E-state index in [4.69, 9.17) is 15.5 Å². The van der Waals surface area contributed by atoms with E-state index < -0.39 is 5.91 Å². The van der Waals surface area contributed by atoms with Gasteiger partial charge in [0.15, 0.2) is 11.6 Å². The van der Waals surface area contributed by atoms with E-state index >= 15 is 0 Å². The zero-order valence-corrected chi connectivity index (χ0v) is 19.8. The van der Waals surface area contributed by atoms with Crippen molar-refractivity contribution in [1.29, 1.82) is 0 Å². The first kappa shape index (κ1) is 23.1. The van der Waals surface area contributed by atoms with Crippen LogP contribution in [0.15, 0.2) is 24.4 Å². The first-order valence-electron chi connectivity index (χ1n) is 11.7. The van der Waals surface area contributed by atoms with Gasteiger partial charge in [-0.25, -0.2) is 4.98 Å². The highest BCUT2D eigenvalue weighted by molar-refractivity contribution is 6.02. The van der Waals surface area contributed by atoms with Crippen molar-refractivity contribution in [1.82, 2.24) is 39.6 Å². The lowest BCUT2D eigenvalue weighted by molar-refractivity contribution is -0.0287. The number of nitrogens with two attached hydrogens (primary N) is 1. The molecule has 0 radical (unpaired) electrons. The number of amides is 1. The van der Waals surface area contributed by atoms with E-state index in [1.807, 2.05) is 29.3 Å². The number of ether oxygens (including phenoxy) is 1. The van der Waals surface area contributed by atoms with Crippen LogP contribution in [0.5, 0.6) is 0 Å². The highest BCUT2D eigenvalue weighted by atomic mass is 16.5. The smallest absolute Gasteiger partial charge is 0.248 e. The highest BCUT2D eigenvalue weighted by Crippen LogP contribution is 2.30. The fourth-order valence-corrected chi connectivity index (χ4v) is 4.53. The van der Waals surface area contributed by atoms with Crippen molar-refractivity contribution in [3.63, 3.8) is 0 Å². The van der Waals surface area contributed by atoms with E-state index in [-0.39, 0.29) is 12.6 Å². The van der Waals surface area contributed by atoms with Crippen LogP contribution < -0.4 is 5.73 Å². The van der Waals surface area contributed by atoms with Crippen molar-refractivity contribution < 1.29 is 14.6 Å². The van der Waals surface area contributed by atoms with E-state index in [0.717, 1.165) is 28.8 Å². The molecule has 0 spiro atoms. The third kappa shape index (κ3) is 4.43. The van der Waals surface area contributed by atoms with Crippen molar-refractivity contribution in [2.75, 3.05) is 32.9 Å². The maximum absolute atomic E-state index is 12.1. The van der Waals surface area contributed by atoms with Crippen LogP contribution >= 0.6 is 0 Å². The van der Waals surface area contributed by atoms with Crippen molar-refractivity contribution in [2.24, 2.45) is 5.73 Å². The molecule has 12 heteroatoms. The fourth-order valence-electron chi connectivity index (χ4n) is 4.53. The molecule has 35 heavy (non-hydrogen) atoms. The van der Waals surface area contributed by atoms with E-state index in [1.54, 1.807) is 18.3 Å². The molecule has 1 aromatic carbocycles. The standard InChI is InChI=1S/C23H29N9O3/c1-3-31-20(8-14(2)29-31)23-26-22(27-28-23)17-9-15(21(24)34)10-19-18(17)11-25-32(19)5-4-30-6-7-35-13-16(30)12-33/h8-11,16,33H,3-7,12-13H2,1-2H3,(H2,24,34)(H,26,27,28)/t16-/m1/s1. The Kier molecular flexibility index (Phi) is 6.32. The number of carbonyl (C=O) groups is 1. The molecule has 5 rings (SSSR count). The Hall–Kier alpha value is -3.61. The summed E-state index contributed by atoms with van der Waals surface area (Å²) in [5.41, 5.74) is 9.19. The van der Waals surface area contributed by atoms with Gasteiger partial charge in [0.1, 0.15) is 5.69 Å². The molecule has 4 heterocycles. The number of morpholine rings is 1. The van der Waals surface area contributed by atoms with Crippen LogP contribution in [0.3, 0.4) is 0 Å². The topological polar surface area (TPSA) is 153 Å². The van der Waals surface area contributed by atoms with Crippen LogP contribution in [0.25, 0.3) is 33.8 Å². The molecule has 1 saturated heterocycles. The van der Waals surface area contributed by atoms with Crippen LogP contribution in [0.4, 0.5) is 0 Å². The Morgan fingerprint density at radius 3 is 2.91 bits per heavy atom. The van der Waals surface area contributed by atoms with Crippen LogP contribution in [0.1, 0.15) is 23.0 Å². The normalized spacial score (nSPS) is 16.8. The number of aromatic amines is 1. The van der Waals surface area contributed by atoms with Crippen LogP contribution in [0, 0.1) is 6.92 Å². The van der Waals surface area contributed by atoms with Crippen molar-refractivity contribution >= 4 is 16.8 Å². The number of rotatable bonds is 8. The molecule has 4 N–H and O–H groups in total. The number of nitrogens with zero attached hydrogens (tertiary/aromatic N) is 7. The Morgan fingerprint density at radius 1 is 1.29 bits per heavy atom. The molecule has 12 nitrogen and oxygen atoms in total. The minimum absolute atomic E-state index is 0.0323. The van der Waals surface area contributed by atoms with Gasteiger partial charge in [-0.15, -0.1) is 0 Å². The molecule has 184 valence electrons. The Balaban J connectivity index is 1.50. The summed E-state index contributed by atoms with van der Waals surface area (Å²) in [6, 6.07) is 5.38. The molecule has 0 saturated carbocycles. The number of aryl methyl sites for hydroxylation is 2. The number of hydrogen-bond acceptors (Lipinski definition) is 8. The number of aromatic nitrogens is 7. The molecule has 4 aromatic rings. The zero-order chi connectivity index (χ0) is 24.5. The first-order chi connectivity index (χ1) is 17.0. The Bertz CT molecular complexity index is 1360. The molecule has 0 unspecified atom stereocenters. The van der Waals surface area contributed by atoms with E-state index in [2.05, 4.69) is 25.3 Å². The third-order valence-corrected chi connectivity index (χ3v) is 6.38. The molecule has 1 amide bonds. The third-order valence-electron chi connectivity index (χ3n) is 6.38. The van der Waals surface area contributed by atoms with Crippen LogP contribution in [-0.4, -0.2) is 89.6 Å². The second kappa shape index (κ2) is 9.56. The summed E-state index contributed by atoms with van der Waals surface area (Å²) in [5, 5.41) is 26.9. The molecule has 1 fully saturated rings. The van der Waals surface area contributed by atoms with E-state index in [0.29, 0.717) is 55.6 Å². The summed E-state index contributed by atoms with van der Waals surface area (Å²) in [5.74, 6) is 0.506. The number of carbonyl (C=O) groups excluding carboxylic acids is 1. The lowest BCUT2D eigenvalue weighted by Gasteiger charge is -2.34. The molecule has 1 atom stereocenters. The van der Waals surface area contributed by atoms with Crippen LogP contribution in [-0.2, 0) is 17.8 Å². The minimum atomic E-state index is -0.533. The highest BCUT2D eigenvalue weighted by Gasteiger charge is 2.23. The first-order valence-corrected chi connectivity index (χ1v) is 11.7. The van der Waals surface area contributed by atoms with Gasteiger partial charge in [-0.3, -0.25) is 24.2 Å². The second-order valence-corrected chi connectivity index (χ2v) is 8.63. The monoisotopic (exact) mass is 479 g/mol. The Morgan fingerprint density at radius 2 is 2.14 bits per heavy atom. The van der Waals surface area contributed by atoms with Crippen molar-refractivity contribution in [2.45, 2.75) is 33.0 Å². The van der Waals surface area contributed by atoms with Crippen molar-refractivity contribution in [3.05, 3.63) is 35.7 Å². The van der Waals surface area contributed by atoms with Crippen LogP contribution in [0.2, 0.25) is 0 Å². The zero-order valence-electron chi connectivity index (χ0n) is 19.8. The number of primary amides is 1. The van der Waals surface area contributed by atoms with Crippen molar-refractivity contribution in [3.8, 4) is 22.9 Å². The number of fused-ring (bicyclic) bond motifs is 1. The molecule has 0 bridgehead atoms. The number of nitrogens with one attached hydrogen (secondary N) is 1. The minimum Gasteiger partial charge on any atom is -0.395 e. The summed E-state index contributed by atoms with van der Waals surface area (Å²) in [6.45, 7) is 7.84. The van der Waals surface area contributed by atoms with E-state index in [1.165, 1.54) is 0 Å². The summed E-state index contributed by atoms with van der Waals surface area (Å²) >= 11 is 0. The molecular weight excluding hydrogens is 450 g/mol. The van der Waals surface area contributed by atoms with Gasteiger partial charge in [0.05, 0.1) is 49.8 Å². The predicted octanol–water partition coefficient (Wildman–Crippen LogP) is 0.805.